The van der Waals surface area contributed by atoms with Gasteiger partial charge >= 0.3 is 0 Å². The predicted octanol–water partition coefficient (Wildman–Crippen LogP) is 6.25. The lowest BCUT2D eigenvalue weighted by molar-refractivity contribution is 0.0962. The van der Waals surface area contributed by atoms with Crippen LogP contribution in [-0.4, -0.2) is 41.8 Å². The number of hydrogen-bond donors (Lipinski definition) is 0. The topological polar surface area (TPSA) is 23.6 Å². The number of rotatable bonds is 9. The first-order valence-electron chi connectivity index (χ1n) is 12.9. The highest BCUT2D eigenvalue weighted by Gasteiger charge is 2.21. The zero-order valence-electron chi connectivity index (χ0n) is 20.2. The van der Waals surface area contributed by atoms with Gasteiger partial charge in [-0.3, -0.25) is 9.69 Å². The van der Waals surface area contributed by atoms with Gasteiger partial charge in [-0.25, -0.2) is 4.39 Å². The fourth-order valence-electron chi connectivity index (χ4n) is 5.35. The van der Waals surface area contributed by atoms with E-state index >= 15 is 0 Å². The summed E-state index contributed by atoms with van der Waals surface area (Å²) in [5.41, 5.74) is 4.66. The molecule has 178 valence electrons. The molecule has 0 N–H and O–H groups in total. The zero-order valence-corrected chi connectivity index (χ0v) is 20.2. The lowest BCUT2D eigenvalue weighted by Crippen LogP contribution is -2.34. The van der Waals surface area contributed by atoms with E-state index in [1.807, 2.05) is 18.2 Å². The van der Waals surface area contributed by atoms with Crippen molar-refractivity contribution in [1.82, 2.24) is 9.80 Å². The van der Waals surface area contributed by atoms with Crippen LogP contribution in [0.2, 0.25) is 0 Å². The molecule has 4 heteroatoms. The van der Waals surface area contributed by atoms with E-state index in [4.69, 9.17) is 0 Å². The molecule has 0 unspecified atom stereocenters. The Hall–Kier alpha value is -2.04. The molecule has 2 aromatic carbocycles. The van der Waals surface area contributed by atoms with Crippen molar-refractivity contribution in [3.8, 4) is 0 Å². The quantitative estimate of drug-likeness (QED) is 0.422. The molecule has 0 atom stereocenters. The Morgan fingerprint density at radius 2 is 1.79 bits per heavy atom. The van der Waals surface area contributed by atoms with Gasteiger partial charge in [0.2, 0.25) is 0 Å². The van der Waals surface area contributed by atoms with Crippen molar-refractivity contribution in [3.05, 3.63) is 70.5 Å². The fraction of sp³-hybridized carbons (Fsp3) is 0.552. The van der Waals surface area contributed by atoms with Crippen LogP contribution in [-0.2, 0) is 19.5 Å². The van der Waals surface area contributed by atoms with Crippen LogP contribution in [0.1, 0.15) is 78.9 Å². The summed E-state index contributed by atoms with van der Waals surface area (Å²) < 4.78 is 13.2. The summed E-state index contributed by atoms with van der Waals surface area (Å²) in [5, 5.41) is 0. The number of fused-ring (bicyclic) bond motifs is 1. The van der Waals surface area contributed by atoms with Crippen molar-refractivity contribution in [3.63, 3.8) is 0 Å². The number of nitrogens with zero attached hydrogens (tertiary/aromatic N) is 2. The number of ketones is 1. The van der Waals surface area contributed by atoms with Crippen LogP contribution in [0.3, 0.4) is 0 Å². The molecular weight excluding hydrogens is 411 g/mol. The third-order valence-electron chi connectivity index (χ3n) is 7.48. The highest BCUT2D eigenvalue weighted by molar-refractivity contribution is 5.96. The maximum atomic E-state index is 13.2. The summed E-state index contributed by atoms with van der Waals surface area (Å²) in [7, 11) is 0. The number of piperidine rings is 1. The molecule has 0 aromatic heterocycles. The van der Waals surface area contributed by atoms with E-state index < -0.39 is 0 Å². The first-order chi connectivity index (χ1) is 16.1. The number of carbonyl (C=O) groups excluding carboxylic acids is 1. The maximum Gasteiger partial charge on any atom is 0.162 e. The van der Waals surface area contributed by atoms with Crippen LogP contribution < -0.4 is 0 Å². The maximum absolute atomic E-state index is 13.2. The molecule has 0 radical (unpaired) electrons. The first kappa shape index (κ1) is 24.1. The Labute approximate surface area is 199 Å². The number of carbonyl (C=O) groups is 1. The van der Waals surface area contributed by atoms with Crippen LogP contribution in [0.4, 0.5) is 4.39 Å². The molecule has 2 aromatic rings. The number of hydrogen-bond acceptors (Lipinski definition) is 3. The van der Waals surface area contributed by atoms with Crippen molar-refractivity contribution >= 4 is 5.78 Å². The Morgan fingerprint density at radius 1 is 1.00 bits per heavy atom. The van der Waals surface area contributed by atoms with Crippen LogP contribution in [0.25, 0.3) is 0 Å². The molecule has 4 rings (SSSR count). The number of aryl methyl sites for hydroxylation is 1. The van der Waals surface area contributed by atoms with Gasteiger partial charge in [0.1, 0.15) is 5.82 Å². The van der Waals surface area contributed by atoms with Crippen molar-refractivity contribution < 1.29 is 9.18 Å². The normalized spacial score (nSPS) is 18.1. The number of benzene rings is 2. The Balaban J connectivity index is 1.31. The minimum Gasteiger partial charge on any atom is -0.303 e. The predicted molar refractivity (Wildman–Crippen MR) is 133 cm³/mol. The van der Waals surface area contributed by atoms with Crippen LogP contribution in [0, 0.1) is 11.7 Å². The van der Waals surface area contributed by atoms with Gasteiger partial charge < -0.3 is 4.90 Å². The Morgan fingerprint density at radius 3 is 2.55 bits per heavy atom. The summed E-state index contributed by atoms with van der Waals surface area (Å²) in [6.07, 6.45) is 8.88. The second-order valence-electron chi connectivity index (χ2n) is 10.0. The number of likely N-dealkylation sites (tertiary alicyclic amines) is 1. The third-order valence-corrected chi connectivity index (χ3v) is 7.48. The Kier molecular flexibility index (Phi) is 8.69. The van der Waals surface area contributed by atoms with Gasteiger partial charge in [-0.1, -0.05) is 37.6 Å². The molecule has 0 aliphatic carbocycles. The highest BCUT2D eigenvalue weighted by Crippen LogP contribution is 2.25. The molecule has 1 saturated heterocycles. The van der Waals surface area contributed by atoms with E-state index in [1.54, 1.807) is 0 Å². The summed E-state index contributed by atoms with van der Waals surface area (Å²) in [4.78, 5) is 18.0. The first-order valence-corrected chi connectivity index (χ1v) is 12.9. The van der Waals surface area contributed by atoms with E-state index in [-0.39, 0.29) is 5.82 Å². The monoisotopic (exact) mass is 450 g/mol. The number of Topliss-reactive ketones (excluding diaryl/α,β-unsaturated/α-hetero) is 1. The lowest BCUT2D eigenvalue weighted by atomic mass is 9.89. The summed E-state index contributed by atoms with van der Waals surface area (Å²) in [6.45, 7) is 8.56. The SMILES string of the molecule is CCCCN1CCC(CCC(=O)c2ccc3c(c2)CN(Cc2ccc(F)cc2)CCC3)CC1. The van der Waals surface area contributed by atoms with E-state index in [9.17, 15) is 9.18 Å². The van der Waals surface area contributed by atoms with Crippen LogP contribution >= 0.6 is 0 Å². The van der Waals surface area contributed by atoms with Gasteiger partial charge in [0.05, 0.1) is 0 Å². The molecule has 2 aliphatic heterocycles. The second-order valence-corrected chi connectivity index (χ2v) is 10.0. The lowest BCUT2D eigenvalue weighted by Gasteiger charge is -2.31. The van der Waals surface area contributed by atoms with Gasteiger partial charge in [0.15, 0.2) is 5.78 Å². The number of unbranched alkanes of at least 4 members (excludes halogenated alkanes) is 1. The van der Waals surface area contributed by atoms with Crippen molar-refractivity contribution in [2.75, 3.05) is 26.2 Å². The van der Waals surface area contributed by atoms with E-state index in [1.165, 1.54) is 68.6 Å². The zero-order chi connectivity index (χ0) is 23.0. The molecule has 33 heavy (non-hydrogen) atoms. The third kappa shape index (κ3) is 6.97. The minimum atomic E-state index is -0.190. The van der Waals surface area contributed by atoms with Gasteiger partial charge in [-0.05, 0) is 106 Å². The van der Waals surface area contributed by atoms with Crippen molar-refractivity contribution in [1.29, 1.82) is 0 Å². The van der Waals surface area contributed by atoms with Gasteiger partial charge in [-0.2, -0.15) is 0 Å². The molecule has 0 amide bonds. The smallest absolute Gasteiger partial charge is 0.162 e. The van der Waals surface area contributed by atoms with Crippen molar-refractivity contribution in [2.45, 2.75) is 71.4 Å². The summed E-state index contributed by atoms with van der Waals surface area (Å²) in [5.74, 6) is 0.796. The van der Waals surface area contributed by atoms with Gasteiger partial charge in [0.25, 0.3) is 0 Å². The molecule has 0 saturated carbocycles. The molecule has 0 spiro atoms. The summed E-state index contributed by atoms with van der Waals surface area (Å²) >= 11 is 0. The molecular formula is C29H39FN2O. The average Bonchev–Trinajstić information content (AvgIpc) is 3.04. The minimum absolute atomic E-state index is 0.190. The average molecular weight is 451 g/mol. The molecule has 2 heterocycles. The molecule has 3 nitrogen and oxygen atoms in total. The molecule has 0 bridgehead atoms. The second kappa shape index (κ2) is 11.9. The van der Waals surface area contributed by atoms with E-state index in [2.05, 4.69) is 28.9 Å². The van der Waals surface area contributed by atoms with Gasteiger partial charge in [0, 0.05) is 25.1 Å². The summed E-state index contributed by atoms with van der Waals surface area (Å²) in [6, 6.07) is 13.2. The molecule has 1 fully saturated rings. The van der Waals surface area contributed by atoms with E-state index in [0.717, 1.165) is 50.0 Å². The van der Waals surface area contributed by atoms with Gasteiger partial charge in [-0.15, -0.1) is 0 Å². The largest absolute Gasteiger partial charge is 0.303 e. The number of halogens is 1. The standard InChI is InChI=1S/C29H39FN2O/c1-2-3-16-31-18-14-23(15-19-31)8-13-29(33)26-10-9-25-5-4-17-32(22-27(25)20-26)21-24-6-11-28(30)12-7-24/h6-7,9-12,20,23H,2-5,8,13-19,21-22H2,1H3. The molecule has 2 aliphatic rings. The van der Waals surface area contributed by atoms with E-state index in [0.29, 0.717) is 18.1 Å². The van der Waals surface area contributed by atoms with Crippen LogP contribution in [0.5, 0.6) is 0 Å². The van der Waals surface area contributed by atoms with Crippen LogP contribution in [0.15, 0.2) is 42.5 Å². The fourth-order valence-corrected chi connectivity index (χ4v) is 5.35. The highest BCUT2D eigenvalue weighted by atomic mass is 19.1. The Bertz CT molecular complexity index is 902. The van der Waals surface area contributed by atoms with Crippen molar-refractivity contribution in [2.24, 2.45) is 5.92 Å².